The fraction of sp³-hybridized carbons (Fsp3) is 0.270. The normalized spacial score (nSPS) is 15.9. The van der Waals surface area contributed by atoms with E-state index >= 15 is 0 Å². The van der Waals surface area contributed by atoms with Crippen molar-refractivity contribution in [2.24, 2.45) is 0 Å². The molecule has 5 nitrogen and oxygen atoms in total. The predicted molar refractivity (Wildman–Crippen MR) is 167 cm³/mol. The molecule has 1 unspecified atom stereocenters. The summed E-state index contributed by atoms with van der Waals surface area (Å²) < 4.78 is 26.5. The van der Waals surface area contributed by atoms with Crippen LogP contribution in [0, 0.1) is 17.1 Å². The Bertz CT molecular complexity index is 1690. The highest BCUT2D eigenvalue weighted by atomic mass is 19.1. The first-order chi connectivity index (χ1) is 21.1. The first kappa shape index (κ1) is 28.7. The van der Waals surface area contributed by atoms with Crippen LogP contribution in [0.1, 0.15) is 47.1 Å². The van der Waals surface area contributed by atoms with Crippen molar-refractivity contribution < 1.29 is 13.9 Å². The van der Waals surface area contributed by atoms with Gasteiger partial charge in [-0.25, -0.2) is 4.39 Å². The van der Waals surface area contributed by atoms with Crippen LogP contribution in [-0.2, 0) is 23.4 Å². The van der Waals surface area contributed by atoms with Crippen LogP contribution in [0.25, 0.3) is 10.9 Å². The SMILES string of the molecule is N#Cc1ccc2c(c1)COC2(CCCN(CCCc1c[nH]c2ccccc12)CCOc1ccccc1)c1ccc(F)cc1. The van der Waals surface area contributed by atoms with E-state index in [1.807, 2.05) is 60.7 Å². The van der Waals surface area contributed by atoms with E-state index in [0.717, 1.165) is 67.8 Å². The van der Waals surface area contributed by atoms with Crippen molar-refractivity contribution in [3.63, 3.8) is 0 Å². The van der Waals surface area contributed by atoms with E-state index < -0.39 is 5.60 Å². The van der Waals surface area contributed by atoms with Crippen molar-refractivity contribution in [3.05, 3.63) is 137 Å². The van der Waals surface area contributed by atoms with Crippen molar-refractivity contribution in [2.45, 2.75) is 37.9 Å². The van der Waals surface area contributed by atoms with Crippen LogP contribution in [0.2, 0.25) is 0 Å². The number of fused-ring (bicyclic) bond motifs is 2. The first-order valence-electron chi connectivity index (χ1n) is 15.0. The van der Waals surface area contributed by atoms with Gasteiger partial charge in [0, 0.05) is 23.6 Å². The topological polar surface area (TPSA) is 61.3 Å². The molecule has 0 fully saturated rings. The summed E-state index contributed by atoms with van der Waals surface area (Å²) in [6.07, 6.45) is 5.79. The molecular weight excluding hydrogens is 537 g/mol. The van der Waals surface area contributed by atoms with Crippen molar-refractivity contribution in [2.75, 3.05) is 26.2 Å². The third kappa shape index (κ3) is 6.49. The molecule has 4 aromatic carbocycles. The zero-order valence-electron chi connectivity index (χ0n) is 24.3. The number of aromatic nitrogens is 1. The van der Waals surface area contributed by atoms with Gasteiger partial charge in [0.2, 0.25) is 0 Å². The number of aromatic amines is 1. The van der Waals surface area contributed by atoms with E-state index in [4.69, 9.17) is 9.47 Å². The third-order valence-corrected chi connectivity index (χ3v) is 8.47. The number of rotatable bonds is 13. The minimum atomic E-state index is -0.673. The van der Waals surface area contributed by atoms with Gasteiger partial charge in [-0.3, -0.25) is 4.90 Å². The lowest BCUT2D eigenvalue weighted by Gasteiger charge is -2.32. The van der Waals surface area contributed by atoms with Crippen molar-refractivity contribution in [1.82, 2.24) is 9.88 Å². The average Bonchev–Trinajstić information content (AvgIpc) is 3.63. The molecule has 0 saturated heterocycles. The van der Waals surface area contributed by atoms with Crippen LogP contribution < -0.4 is 4.74 Å². The molecule has 1 N–H and O–H groups in total. The van der Waals surface area contributed by atoms with Crippen molar-refractivity contribution in [1.29, 1.82) is 5.26 Å². The van der Waals surface area contributed by atoms with Crippen LogP contribution in [0.4, 0.5) is 4.39 Å². The lowest BCUT2D eigenvalue weighted by Crippen LogP contribution is -2.33. The van der Waals surface area contributed by atoms with E-state index in [-0.39, 0.29) is 5.82 Å². The summed E-state index contributed by atoms with van der Waals surface area (Å²) in [6, 6.07) is 33.1. The molecule has 43 heavy (non-hydrogen) atoms. The van der Waals surface area contributed by atoms with E-state index in [2.05, 4.69) is 46.4 Å². The Hall–Kier alpha value is -4.44. The van der Waals surface area contributed by atoms with Gasteiger partial charge in [0.1, 0.15) is 23.8 Å². The summed E-state index contributed by atoms with van der Waals surface area (Å²) in [5, 5.41) is 10.7. The van der Waals surface area contributed by atoms with Gasteiger partial charge in [0.05, 0.1) is 18.2 Å². The second-order valence-corrected chi connectivity index (χ2v) is 11.2. The highest BCUT2D eigenvalue weighted by molar-refractivity contribution is 5.83. The number of para-hydroxylation sites is 2. The minimum absolute atomic E-state index is 0.267. The Labute approximate surface area is 252 Å². The van der Waals surface area contributed by atoms with Crippen molar-refractivity contribution in [3.8, 4) is 11.8 Å². The zero-order valence-corrected chi connectivity index (χ0v) is 24.3. The van der Waals surface area contributed by atoms with Crippen LogP contribution in [-0.4, -0.2) is 36.1 Å². The summed E-state index contributed by atoms with van der Waals surface area (Å²) in [4.78, 5) is 5.87. The van der Waals surface area contributed by atoms with E-state index in [1.165, 1.54) is 28.6 Å². The number of nitrogens with zero attached hydrogens (tertiary/aromatic N) is 2. The van der Waals surface area contributed by atoms with Gasteiger partial charge < -0.3 is 14.5 Å². The maximum absolute atomic E-state index is 13.9. The minimum Gasteiger partial charge on any atom is -0.492 e. The molecule has 1 aliphatic rings. The standard InChI is InChI=1S/C37H36FN3O2/c38-32-16-14-31(15-17-32)37(35-18-13-28(25-39)24-30(35)27-43-37)19-7-21-41(22-23-42-33-9-2-1-3-10-33)20-6-8-29-26-40-36-12-5-4-11-34(29)36/h1-5,9-18,24,26,40H,6-8,19-23,27H2. The summed E-state index contributed by atoms with van der Waals surface area (Å²) >= 11 is 0. The first-order valence-corrected chi connectivity index (χ1v) is 15.0. The van der Waals surface area contributed by atoms with Gasteiger partial charge >= 0.3 is 0 Å². The number of nitriles is 1. The lowest BCUT2D eigenvalue weighted by atomic mass is 9.81. The third-order valence-electron chi connectivity index (χ3n) is 8.47. The van der Waals surface area contributed by atoms with Gasteiger partial charge in [-0.05, 0) is 103 Å². The maximum atomic E-state index is 13.9. The molecule has 0 aliphatic carbocycles. The quantitative estimate of drug-likeness (QED) is 0.156. The second kappa shape index (κ2) is 13.2. The molecule has 6 heteroatoms. The van der Waals surface area contributed by atoms with Crippen molar-refractivity contribution >= 4 is 10.9 Å². The fourth-order valence-corrected chi connectivity index (χ4v) is 6.29. The monoisotopic (exact) mass is 573 g/mol. The molecule has 5 aromatic rings. The Morgan fingerprint density at radius 1 is 0.907 bits per heavy atom. The smallest absolute Gasteiger partial charge is 0.123 e. The highest BCUT2D eigenvalue weighted by Gasteiger charge is 2.41. The molecule has 0 spiro atoms. The second-order valence-electron chi connectivity index (χ2n) is 11.2. The van der Waals surface area contributed by atoms with E-state index in [9.17, 15) is 9.65 Å². The van der Waals surface area contributed by atoms with Crippen LogP contribution in [0.15, 0.2) is 103 Å². The van der Waals surface area contributed by atoms with Gasteiger partial charge in [0.15, 0.2) is 0 Å². The van der Waals surface area contributed by atoms with Gasteiger partial charge in [-0.15, -0.1) is 0 Å². The molecule has 1 aliphatic heterocycles. The lowest BCUT2D eigenvalue weighted by molar-refractivity contribution is -0.0147. The number of halogens is 1. The number of hydrogen-bond donors (Lipinski definition) is 1. The Morgan fingerprint density at radius 2 is 1.70 bits per heavy atom. The predicted octanol–water partition coefficient (Wildman–Crippen LogP) is 7.75. The van der Waals surface area contributed by atoms with Gasteiger partial charge in [-0.2, -0.15) is 5.26 Å². The Morgan fingerprint density at radius 3 is 2.53 bits per heavy atom. The molecular formula is C37H36FN3O2. The molecule has 0 radical (unpaired) electrons. The summed E-state index contributed by atoms with van der Waals surface area (Å²) in [5.74, 6) is 0.612. The average molecular weight is 574 g/mol. The van der Waals surface area contributed by atoms with Crippen LogP contribution in [0.5, 0.6) is 5.75 Å². The molecule has 218 valence electrons. The highest BCUT2D eigenvalue weighted by Crippen LogP contribution is 2.45. The Balaban J connectivity index is 1.15. The summed E-state index contributed by atoms with van der Waals surface area (Å²) in [5.41, 5.74) is 5.50. The summed E-state index contributed by atoms with van der Waals surface area (Å²) in [7, 11) is 0. The van der Waals surface area contributed by atoms with Crippen LogP contribution >= 0.6 is 0 Å². The zero-order chi connectivity index (χ0) is 29.5. The molecule has 6 rings (SSSR count). The van der Waals surface area contributed by atoms with Gasteiger partial charge in [0.25, 0.3) is 0 Å². The Kier molecular flexibility index (Phi) is 8.83. The number of hydrogen-bond acceptors (Lipinski definition) is 4. The van der Waals surface area contributed by atoms with E-state index in [1.54, 1.807) is 0 Å². The summed E-state index contributed by atoms with van der Waals surface area (Å²) in [6.45, 7) is 3.68. The maximum Gasteiger partial charge on any atom is 0.123 e. The molecule has 0 amide bonds. The molecule has 0 bridgehead atoms. The molecule has 1 atom stereocenters. The number of benzene rings is 4. The molecule has 0 saturated carbocycles. The molecule has 1 aromatic heterocycles. The van der Waals surface area contributed by atoms with Crippen LogP contribution in [0.3, 0.4) is 0 Å². The molecule has 2 heterocycles. The largest absolute Gasteiger partial charge is 0.492 e. The number of aryl methyl sites for hydroxylation is 1. The number of H-pyrrole nitrogens is 1. The van der Waals surface area contributed by atoms with E-state index in [0.29, 0.717) is 18.8 Å². The number of ether oxygens (including phenoxy) is 2. The fourth-order valence-electron chi connectivity index (χ4n) is 6.29. The number of nitrogens with one attached hydrogen (secondary N) is 1. The van der Waals surface area contributed by atoms with Gasteiger partial charge in [-0.1, -0.05) is 54.6 Å².